The Morgan fingerprint density at radius 2 is 1.64 bits per heavy atom. The molecule has 0 saturated heterocycles. The van der Waals surface area contributed by atoms with Crippen LogP contribution in [0.1, 0.15) is 77.7 Å². The van der Waals surface area contributed by atoms with Crippen LogP contribution < -0.4 is 21.3 Å². The molecule has 1 aromatic carbocycles. The van der Waals surface area contributed by atoms with Crippen molar-refractivity contribution in [2.24, 2.45) is 17.8 Å². The minimum Gasteiger partial charge on any atom is -0.464 e. The maximum Gasteiger partial charge on any atom is 0.329 e. The topological polar surface area (TPSA) is 143 Å². The summed E-state index contributed by atoms with van der Waals surface area (Å²) in [6.45, 7) is 5.77. The van der Waals surface area contributed by atoms with E-state index in [0.717, 1.165) is 50.4 Å². The van der Waals surface area contributed by atoms with E-state index >= 15 is 0 Å². The summed E-state index contributed by atoms with van der Waals surface area (Å²) >= 11 is 0. The predicted molar refractivity (Wildman–Crippen MR) is 173 cm³/mol. The van der Waals surface area contributed by atoms with Gasteiger partial charge in [-0.2, -0.15) is 0 Å². The van der Waals surface area contributed by atoms with Crippen molar-refractivity contribution < 1.29 is 28.7 Å². The molecule has 0 aliphatic heterocycles. The molecule has 0 radical (unpaired) electrons. The molecule has 0 bridgehead atoms. The van der Waals surface area contributed by atoms with Crippen molar-refractivity contribution in [1.82, 2.24) is 21.3 Å². The Kier molecular flexibility index (Phi) is 14.8. The summed E-state index contributed by atoms with van der Waals surface area (Å²) < 4.78 is 5.21. The van der Waals surface area contributed by atoms with Crippen LogP contribution in [0.2, 0.25) is 0 Å². The molecule has 0 heterocycles. The fourth-order valence-electron chi connectivity index (χ4n) is 6.02. The second-order valence-electron chi connectivity index (χ2n) is 12.5. The third-order valence-corrected chi connectivity index (χ3v) is 8.31. The summed E-state index contributed by atoms with van der Waals surface area (Å²) in [7, 11) is 0. The number of carbonyl (C=O) groups excluding carboxylic acids is 5. The first-order chi connectivity index (χ1) is 21.7. The van der Waals surface area contributed by atoms with Crippen LogP contribution in [0.4, 0.5) is 4.79 Å². The fourth-order valence-corrected chi connectivity index (χ4v) is 6.02. The lowest BCUT2D eigenvalue weighted by molar-refractivity contribution is -0.145. The second-order valence-corrected chi connectivity index (χ2v) is 12.5. The van der Waals surface area contributed by atoms with Gasteiger partial charge in [-0.15, -0.1) is 0 Å². The summed E-state index contributed by atoms with van der Waals surface area (Å²) in [4.78, 5) is 65.2. The SMILES string of the molecule is CCOC(=O)C(Cc1ccccc1)NC(=O)NC(C(=O)NC(CC(C)C)C(=O)NC(C=O)CC1C=CC=CC1)C1CCCCC1. The zero-order valence-electron chi connectivity index (χ0n) is 26.8. The Morgan fingerprint density at radius 3 is 2.27 bits per heavy atom. The van der Waals surface area contributed by atoms with Gasteiger partial charge in [-0.05, 0) is 62.3 Å². The van der Waals surface area contributed by atoms with Crippen molar-refractivity contribution in [3.05, 3.63) is 60.2 Å². The number of esters is 1. The van der Waals surface area contributed by atoms with Gasteiger partial charge in [-0.1, -0.05) is 87.7 Å². The van der Waals surface area contributed by atoms with E-state index in [2.05, 4.69) is 21.3 Å². The van der Waals surface area contributed by atoms with E-state index in [4.69, 9.17) is 4.74 Å². The maximum atomic E-state index is 13.8. The molecule has 246 valence electrons. The van der Waals surface area contributed by atoms with E-state index in [-0.39, 0.29) is 30.8 Å². The summed E-state index contributed by atoms with van der Waals surface area (Å²) in [5.41, 5.74) is 0.851. The van der Waals surface area contributed by atoms with Gasteiger partial charge in [0.25, 0.3) is 0 Å². The Labute approximate surface area is 267 Å². The molecular formula is C35H50N4O6. The lowest BCUT2D eigenvalue weighted by Crippen LogP contribution is -2.59. The van der Waals surface area contributed by atoms with Crippen LogP contribution >= 0.6 is 0 Å². The van der Waals surface area contributed by atoms with Gasteiger partial charge < -0.3 is 30.8 Å². The highest BCUT2D eigenvalue weighted by Crippen LogP contribution is 2.27. The molecule has 0 spiro atoms. The van der Waals surface area contributed by atoms with Gasteiger partial charge in [0.05, 0.1) is 12.6 Å². The van der Waals surface area contributed by atoms with E-state index < -0.39 is 48.0 Å². The number of rotatable bonds is 16. The van der Waals surface area contributed by atoms with E-state index in [1.54, 1.807) is 6.92 Å². The molecule has 2 aliphatic rings. The Balaban J connectivity index is 1.72. The van der Waals surface area contributed by atoms with Crippen molar-refractivity contribution in [3.63, 3.8) is 0 Å². The first kappa shape index (κ1) is 35.5. The van der Waals surface area contributed by atoms with Crippen LogP contribution in [-0.4, -0.2) is 60.9 Å². The molecule has 1 saturated carbocycles. The predicted octanol–water partition coefficient (Wildman–Crippen LogP) is 4.15. The van der Waals surface area contributed by atoms with Crippen LogP contribution in [0.5, 0.6) is 0 Å². The van der Waals surface area contributed by atoms with Gasteiger partial charge in [0, 0.05) is 6.42 Å². The smallest absolute Gasteiger partial charge is 0.329 e. The molecule has 3 rings (SSSR count). The lowest BCUT2D eigenvalue weighted by atomic mass is 9.83. The van der Waals surface area contributed by atoms with Gasteiger partial charge in [-0.25, -0.2) is 9.59 Å². The van der Waals surface area contributed by atoms with Gasteiger partial charge >= 0.3 is 12.0 Å². The van der Waals surface area contributed by atoms with E-state index in [0.29, 0.717) is 12.8 Å². The summed E-state index contributed by atoms with van der Waals surface area (Å²) in [5.74, 6) is -1.36. The molecule has 1 aromatic rings. The van der Waals surface area contributed by atoms with Crippen molar-refractivity contribution in [1.29, 1.82) is 0 Å². The standard InChI is InChI=1S/C35H50N4O6/c1-4-45-34(43)30(22-26-16-10-6-11-17-26)38-35(44)39-31(27-18-12-7-13-19-27)33(42)37-29(20-24(2)3)32(41)36-28(23-40)21-25-14-8-5-9-15-25/h5-6,8-11,14,16-17,23-25,27-31H,4,7,12-13,15,18-22H2,1-3H3,(H,36,41)(H,37,42)(H2,38,39,44). The molecule has 45 heavy (non-hydrogen) atoms. The largest absolute Gasteiger partial charge is 0.464 e. The monoisotopic (exact) mass is 622 g/mol. The number of carbonyl (C=O) groups is 5. The molecule has 5 atom stereocenters. The number of aldehydes is 1. The Bertz CT molecular complexity index is 1180. The normalized spacial score (nSPS) is 19.1. The third-order valence-electron chi connectivity index (χ3n) is 8.31. The molecular weight excluding hydrogens is 572 g/mol. The molecule has 1 fully saturated rings. The molecule has 5 unspecified atom stereocenters. The van der Waals surface area contributed by atoms with Gasteiger partial charge in [0.15, 0.2) is 0 Å². The van der Waals surface area contributed by atoms with Crippen LogP contribution in [-0.2, 0) is 30.3 Å². The van der Waals surface area contributed by atoms with Crippen LogP contribution in [0.25, 0.3) is 0 Å². The number of ether oxygens (including phenoxy) is 1. The second kappa shape index (κ2) is 18.8. The maximum absolute atomic E-state index is 13.8. The molecule has 10 nitrogen and oxygen atoms in total. The van der Waals surface area contributed by atoms with Gasteiger partial charge in [-0.3, -0.25) is 9.59 Å². The molecule has 10 heteroatoms. The van der Waals surface area contributed by atoms with Gasteiger partial charge in [0.1, 0.15) is 24.4 Å². The van der Waals surface area contributed by atoms with Crippen molar-refractivity contribution in [2.75, 3.05) is 6.61 Å². The first-order valence-corrected chi connectivity index (χ1v) is 16.4. The quantitative estimate of drug-likeness (QED) is 0.161. The Hall–Kier alpha value is -3.95. The lowest BCUT2D eigenvalue weighted by Gasteiger charge is -2.32. The van der Waals surface area contributed by atoms with Crippen molar-refractivity contribution in [3.8, 4) is 0 Å². The summed E-state index contributed by atoms with van der Waals surface area (Å²) in [6, 6.07) is 5.22. The van der Waals surface area contributed by atoms with E-state index in [9.17, 15) is 24.0 Å². The number of amides is 4. The Morgan fingerprint density at radius 1 is 0.911 bits per heavy atom. The summed E-state index contributed by atoms with van der Waals surface area (Å²) in [6.07, 6.45) is 14.9. The minimum atomic E-state index is -0.948. The molecule has 0 aromatic heterocycles. The average molecular weight is 623 g/mol. The van der Waals surface area contributed by atoms with E-state index in [1.807, 2.05) is 68.5 Å². The van der Waals surface area contributed by atoms with E-state index in [1.165, 1.54) is 0 Å². The highest BCUT2D eigenvalue weighted by molar-refractivity contribution is 5.93. The highest BCUT2D eigenvalue weighted by Gasteiger charge is 2.35. The van der Waals surface area contributed by atoms with Gasteiger partial charge in [0.2, 0.25) is 11.8 Å². The van der Waals surface area contributed by atoms with Crippen LogP contribution in [0.15, 0.2) is 54.6 Å². The van der Waals surface area contributed by atoms with Crippen LogP contribution in [0, 0.1) is 17.8 Å². The van der Waals surface area contributed by atoms with Crippen LogP contribution in [0.3, 0.4) is 0 Å². The summed E-state index contributed by atoms with van der Waals surface area (Å²) in [5, 5.41) is 11.3. The zero-order valence-corrected chi connectivity index (χ0v) is 26.8. The van der Waals surface area contributed by atoms with Crippen molar-refractivity contribution in [2.45, 2.75) is 103 Å². The molecule has 2 aliphatic carbocycles. The third kappa shape index (κ3) is 12.2. The fraction of sp³-hybridized carbons (Fsp3) is 0.571. The highest BCUT2D eigenvalue weighted by atomic mass is 16.5. The average Bonchev–Trinajstić information content (AvgIpc) is 3.03. The minimum absolute atomic E-state index is 0.0786. The number of benzene rings is 1. The number of allylic oxidation sites excluding steroid dienone is 4. The molecule has 4 N–H and O–H groups in total. The molecule has 4 amide bonds. The first-order valence-electron chi connectivity index (χ1n) is 16.4. The zero-order chi connectivity index (χ0) is 32.6. The number of hydrogen-bond donors (Lipinski definition) is 4. The number of nitrogens with one attached hydrogen (secondary N) is 4. The number of hydrogen-bond acceptors (Lipinski definition) is 6. The van der Waals surface area contributed by atoms with Crippen molar-refractivity contribution >= 4 is 30.1 Å². The number of urea groups is 1.